The highest BCUT2D eigenvalue weighted by atomic mass is 32.1. The Morgan fingerprint density at radius 1 is 1.43 bits per heavy atom. The average molecular weight is 311 g/mol. The maximum absolute atomic E-state index is 12.3. The number of nitrogens with one attached hydrogen (secondary N) is 1. The van der Waals surface area contributed by atoms with E-state index < -0.39 is 5.97 Å². The van der Waals surface area contributed by atoms with Crippen LogP contribution in [0.5, 0.6) is 0 Å². The molecule has 7 heteroatoms. The number of carboxylic acids is 1. The molecule has 21 heavy (non-hydrogen) atoms. The third-order valence-electron chi connectivity index (χ3n) is 4.00. The molecule has 0 aromatic carbocycles. The Bertz CT molecular complexity index is 530. The van der Waals surface area contributed by atoms with E-state index in [0.717, 1.165) is 37.0 Å². The van der Waals surface area contributed by atoms with E-state index in [-0.39, 0.29) is 29.2 Å². The number of hydrogen-bond acceptors (Lipinski definition) is 5. The Morgan fingerprint density at radius 2 is 2.14 bits per heavy atom. The van der Waals surface area contributed by atoms with E-state index in [0.29, 0.717) is 17.2 Å². The number of carboxylic acid groups (broad SMARTS) is 1. The van der Waals surface area contributed by atoms with Crippen molar-refractivity contribution in [3.63, 3.8) is 0 Å². The molecule has 6 nitrogen and oxygen atoms in total. The molecule has 1 aromatic rings. The molecule has 0 saturated heterocycles. The molecule has 2 rings (SSSR count). The van der Waals surface area contributed by atoms with Crippen molar-refractivity contribution < 1.29 is 14.7 Å². The van der Waals surface area contributed by atoms with E-state index in [2.05, 4.69) is 10.3 Å². The topological polar surface area (TPSA) is 105 Å². The fourth-order valence-corrected chi connectivity index (χ4v) is 3.70. The molecule has 1 amide bonds. The molecule has 1 aliphatic carbocycles. The van der Waals surface area contributed by atoms with Crippen molar-refractivity contribution in [2.45, 2.75) is 39.2 Å². The lowest BCUT2D eigenvalue weighted by molar-refractivity contribution is -0.127. The number of thiazole rings is 1. The molecule has 1 aliphatic rings. The van der Waals surface area contributed by atoms with Gasteiger partial charge in [-0.2, -0.15) is 0 Å². The van der Waals surface area contributed by atoms with E-state index >= 15 is 0 Å². The molecule has 0 bridgehead atoms. The van der Waals surface area contributed by atoms with Gasteiger partial charge < -0.3 is 16.2 Å². The zero-order chi connectivity index (χ0) is 15.4. The van der Waals surface area contributed by atoms with Crippen molar-refractivity contribution in [3.8, 4) is 0 Å². The van der Waals surface area contributed by atoms with Gasteiger partial charge in [-0.05, 0) is 32.2 Å². The smallest absolute Gasteiger partial charge is 0.347 e. The quantitative estimate of drug-likeness (QED) is 0.765. The number of nitrogens with zero attached hydrogens (tertiary/aromatic N) is 1. The average Bonchev–Trinajstić information content (AvgIpc) is 2.86. The second-order valence-electron chi connectivity index (χ2n) is 5.43. The summed E-state index contributed by atoms with van der Waals surface area (Å²) < 4.78 is 0. The number of aromatic nitrogens is 1. The van der Waals surface area contributed by atoms with Gasteiger partial charge in [0.05, 0.1) is 12.2 Å². The van der Waals surface area contributed by atoms with Gasteiger partial charge in [-0.15, -0.1) is 11.3 Å². The Hall–Kier alpha value is -1.47. The van der Waals surface area contributed by atoms with Crippen molar-refractivity contribution >= 4 is 23.2 Å². The fraction of sp³-hybridized carbons (Fsp3) is 0.643. The molecular formula is C14H21N3O3S. The van der Waals surface area contributed by atoms with Crippen LogP contribution in [0.3, 0.4) is 0 Å². The lowest BCUT2D eigenvalue weighted by Gasteiger charge is -2.29. The van der Waals surface area contributed by atoms with Gasteiger partial charge in [0.2, 0.25) is 5.91 Å². The molecule has 1 saturated carbocycles. The lowest BCUT2D eigenvalue weighted by atomic mass is 9.79. The van der Waals surface area contributed by atoms with Gasteiger partial charge in [-0.25, -0.2) is 9.78 Å². The third-order valence-corrected chi connectivity index (χ3v) is 5.14. The molecule has 1 fully saturated rings. The number of amides is 1. The number of hydrogen-bond donors (Lipinski definition) is 3. The summed E-state index contributed by atoms with van der Waals surface area (Å²) in [5.41, 5.74) is 6.23. The van der Waals surface area contributed by atoms with E-state index in [9.17, 15) is 9.59 Å². The SMILES string of the molecule is Cc1nc(CNC(=O)C2CCCCC2CN)sc1C(=O)O. The minimum absolute atomic E-state index is 0.00915. The van der Waals surface area contributed by atoms with Crippen LogP contribution in [-0.2, 0) is 11.3 Å². The Kier molecular flexibility index (Phi) is 5.30. The van der Waals surface area contributed by atoms with Gasteiger partial charge in [0.1, 0.15) is 9.88 Å². The van der Waals surface area contributed by atoms with Crippen LogP contribution in [0, 0.1) is 18.8 Å². The van der Waals surface area contributed by atoms with Crippen molar-refractivity contribution in [2.24, 2.45) is 17.6 Å². The third kappa shape index (κ3) is 3.79. The van der Waals surface area contributed by atoms with Gasteiger partial charge in [-0.3, -0.25) is 4.79 Å². The largest absolute Gasteiger partial charge is 0.477 e. The van der Waals surface area contributed by atoms with Gasteiger partial charge in [0.25, 0.3) is 0 Å². The van der Waals surface area contributed by atoms with E-state index in [4.69, 9.17) is 10.8 Å². The normalized spacial score (nSPS) is 22.0. The number of carbonyl (C=O) groups is 2. The molecule has 1 heterocycles. The summed E-state index contributed by atoms with van der Waals surface area (Å²) >= 11 is 1.11. The number of aryl methyl sites for hydroxylation is 1. The predicted octanol–water partition coefficient (Wildman–Crippen LogP) is 1.53. The first-order valence-electron chi connectivity index (χ1n) is 7.20. The van der Waals surface area contributed by atoms with E-state index in [1.165, 1.54) is 0 Å². The number of carbonyl (C=O) groups excluding carboxylic acids is 1. The zero-order valence-corrected chi connectivity index (χ0v) is 12.9. The first kappa shape index (κ1) is 15.9. The second kappa shape index (κ2) is 7.00. The van der Waals surface area contributed by atoms with Crippen LogP contribution in [0.25, 0.3) is 0 Å². The van der Waals surface area contributed by atoms with Crippen LogP contribution >= 0.6 is 11.3 Å². The molecule has 1 aromatic heterocycles. The highest BCUT2D eigenvalue weighted by Crippen LogP contribution is 2.29. The van der Waals surface area contributed by atoms with Crippen LogP contribution in [0.15, 0.2) is 0 Å². The number of aromatic carboxylic acids is 1. The van der Waals surface area contributed by atoms with E-state index in [1.54, 1.807) is 6.92 Å². The molecular weight excluding hydrogens is 290 g/mol. The van der Waals surface area contributed by atoms with Crippen LogP contribution in [0.4, 0.5) is 0 Å². The zero-order valence-electron chi connectivity index (χ0n) is 12.1. The number of rotatable bonds is 5. The molecule has 4 N–H and O–H groups in total. The molecule has 0 aliphatic heterocycles. The van der Waals surface area contributed by atoms with Crippen LogP contribution in [0.1, 0.15) is 46.1 Å². The molecule has 116 valence electrons. The monoisotopic (exact) mass is 311 g/mol. The highest BCUT2D eigenvalue weighted by molar-refractivity contribution is 7.13. The predicted molar refractivity (Wildman–Crippen MR) is 80.2 cm³/mol. The maximum Gasteiger partial charge on any atom is 0.347 e. The van der Waals surface area contributed by atoms with Crippen LogP contribution in [0.2, 0.25) is 0 Å². The van der Waals surface area contributed by atoms with Gasteiger partial charge in [-0.1, -0.05) is 12.8 Å². The summed E-state index contributed by atoms with van der Waals surface area (Å²) in [4.78, 5) is 27.7. The van der Waals surface area contributed by atoms with Crippen molar-refractivity contribution in [1.29, 1.82) is 0 Å². The molecule has 0 radical (unpaired) electrons. The molecule has 0 spiro atoms. The standard InChI is InChI=1S/C14H21N3O3S/c1-8-12(14(19)20)21-11(17-8)7-16-13(18)10-5-3-2-4-9(10)6-15/h9-10H,2-7,15H2,1H3,(H,16,18)(H,19,20). The fourth-order valence-electron chi connectivity index (χ4n) is 2.86. The van der Waals surface area contributed by atoms with Crippen molar-refractivity contribution in [3.05, 3.63) is 15.6 Å². The lowest BCUT2D eigenvalue weighted by Crippen LogP contribution is -2.39. The van der Waals surface area contributed by atoms with Gasteiger partial charge in [0, 0.05) is 5.92 Å². The second-order valence-corrected chi connectivity index (χ2v) is 6.52. The summed E-state index contributed by atoms with van der Waals surface area (Å²) in [6.07, 6.45) is 4.09. The summed E-state index contributed by atoms with van der Waals surface area (Å²) in [6.45, 7) is 2.49. The van der Waals surface area contributed by atoms with Gasteiger partial charge >= 0.3 is 5.97 Å². The van der Waals surface area contributed by atoms with Crippen molar-refractivity contribution in [1.82, 2.24) is 10.3 Å². The molecule has 2 unspecified atom stereocenters. The minimum atomic E-state index is -0.974. The summed E-state index contributed by atoms with van der Waals surface area (Å²) in [7, 11) is 0. The van der Waals surface area contributed by atoms with Crippen molar-refractivity contribution in [2.75, 3.05) is 6.54 Å². The minimum Gasteiger partial charge on any atom is -0.477 e. The summed E-state index contributed by atoms with van der Waals surface area (Å²) in [6, 6.07) is 0. The van der Waals surface area contributed by atoms with E-state index in [1.807, 2.05) is 0 Å². The van der Waals surface area contributed by atoms with Crippen LogP contribution in [-0.4, -0.2) is 28.5 Å². The summed E-state index contributed by atoms with van der Waals surface area (Å²) in [5, 5.41) is 12.5. The Labute approximate surface area is 127 Å². The molecule has 2 atom stereocenters. The first-order chi connectivity index (χ1) is 10.0. The summed E-state index contributed by atoms with van der Waals surface area (Å²) in [5.74, 6) is -0.733. The van der Waals surface area contributed by atoms with Gasteiger partial charge in [0.15, 0.2) is 0 Å². The number of nitrogens with two attached hydrogens (primary N) is 1. The Balaban J connectivity index is 1.94. The van der Waals surface area contributed by atoms with Crippen LogP contribution < -0.4 is 11.1 Å². The Morgan fingerprint density at radius 3 is 2.76 bits per heavy atom. The first-order valence-corrected chi connectivity index (χ1v) is 8.02. The maximum atomic E-state index is 12.3. The highest BCUT2D eigenvalue weighted by Gasteiger charge is 2.29.